The highest BCUT2D eigenvalue weighted by molar-refractivity contribution is 6.23. The van der Waals surface area contributed by atoms with E-state index < -0.39 is 106 Å². The van der Waals surface area contributed by atoms with Crippen LogP contribution in [-0.4, -0.2) is 101 Å². The van der Waals surface area contributed by atoms with E-state index in [0.29, 0.717) is 5.57 Å². The van der Waals surface area contributed by atoms with Gasteiger partial charge < -0.3 is 38.3 Å². The minimum atomic E-state index is -2.38. The topological polar surface area (TPSA) is 191 Å². The van der Waals surface area contributed by atoms with Crippen molar-refractivity contribution in [2.75, 3.05) is 6.61 Å². The van der Waals surface area contributed by atoms with Gasteiger partial charge >= 0.3 is 35.8 Å². The number of rotatable bonds is 5. The van der Waals surface area contributed by atoms with E-state index in [1.54, 1.807) is 6.92 Å². The lowest BCUT2D eigenvalue weighted by molar-refractivity contribution is -0.285. The molecule has 0 aromatic carbocycles. The van der Waals surface area contributed by atoms with Crippen LogP contribution >= 0.6 is 11.6 Å². The lowest BCUT2D eigenvalue weighted by Crippen LogP contribution is -2.76. The van der Waals surface area contributed by atoms with Gasteiger partial charge in [-0.2, -0.15) is 0 Å². The Balaban J connectivity index is 2.14. The summed E-state index contributed by atoms with van der Waals surface area (Å²) in [6, 6.07) is 0. The Hall–Kier alpha value is -3.23. The third-order valence-corrected chi connectivity index (χ3v) is 9.97. The summed E-state index contributed by atoms with van der Waals surface area (Å²) in [6.45, 7) is 12.3. The van der Waals surface area contributed by atoms with Crippen LogP contribution in [0.5, 0.6) is 0 Å². The van der Waals surface area contributed by atoms with Crippen molar-refractivity contribution in [1.29, 1.82) is 0 Å². The summed E-state index contributed by atoms with van der Waals surface area (Å²) in [4.78, 5) is 76.4. The van der Waals surface area contributed by atoms with E-state index in [2.05, 4.69) is 6.58 Å². The number of carbonyl (C=O) groups excluding carboxylic acids is 6. The van der Waals surface area contributed by atoms with Gasteiger partial charge in [0.15, 0.2) is 30.0 Å². The highest BCUT2D eigenvalue weighted by atomic mass is 35.5. The molecule has 0 bridgehead atoms. The lowest BCUT2D eigenvalue weighted by atomic mass is 9.51. The number of halogens is 1. The number of fused-ring (bicyclic) bond motifs is 3. The van der Waals surface area contributed by atoms with Crippen LogP contribution in [0.4, 0.5) is 0 Å². The number of carbonyl (C=O) groups is 6. The Kier molecular flexibility index (Phi) is 9.37. The molecule has 2 heterocycles. The maximum absolute atomic E-state index is 13.1. The minimum Gasteiger partial charge on any atom is -0.462 e. The van der Waals surface area contributed by atoms with Crippen LogP contribution in [0.2, 0.25) is 0 Å². The number of ether oxygens (including phenoxy) is 7. The van der Waals surface area contributed by atoms with Gasteiger partial charge in [-0.05, 0) is 19.8 Å². The van der Waals surface area contributed by atoms with E-state index in [-0.39, 0.29) is 19.4 Å². The predicted molar refractivity (Wildman–Crippen MR) is 150 cm³/mol. The highest BCUT2D eigenvalue weighted by Gasteiger charge is 2.81. The first-order valence-corrected chi connectivity index (χ1v) is 15.0. The van der Waals surface area contributed by atoms with Crippen LogP contribution < -0.4 is 0 Å². The molecule has 250 valence electrons. The first-order chi connectivity index (χ1) is 20.8. The maximum Gasteiger partial charge on any atom is 0.312 e. The Bertz CT molecular complexity index is 1290. The third-order valence-electron chi connectivity index (χ3n) is 9.44. The van der Waals surface area contributed by atoms with E-state index in [4.69, 9.17) is 44.8 Å². The summed E-state index contributed by atoms with van der Waals surface area (Å²) in [5.41, 5.74) is -5.51. The molecule has 2 aliphatic heterocycles. The van der Waals surface area contributed by atoms with Crippen LogP contribution in [-0.2, 0) is 61.9 Å². The SMILES string of the molecule is C=C1CC[C@@H](OC(C)=O)[C@@]2(C)[C@@H](OC(C)=O)C(OC(C)=O)[C@@H](OC(C)=O)[C@@]3(CO3)[C@@H]2C(OC(C)=O)[C@@]2(O)[C@@H](C)C(=O)O[C@H]2[C@H]1Cl. The molecule has 12 atom stereocenters. The fourth-order valence-electron chi connectivity index (χ4n) is 7.53. The van der Waals surface area contributed by atoms with E-state index in [1.807, 2.05) is 0 Å². The van der Waals surface area contributed by atoms with Gasteiger partial charge in [0.2, 0.25) is 0 Å². The molecule has 4 aliphatic rings. The molecule has 0 radical (unpaired) electrons. The molecular formula is C30H39ClO14. The van der Waals surface area contributed by atoms with Gasteiger partial charge in [-0.1, -0.05) is 19.1 Å². The second kappa shape index (κ2) is 12.2. The number of hydrogen-bond acceptors (Lipinski definition) is 14. The van der Waals surface area contributed by atoms with E-state index in [9.17, 15) is 33.9 Å². The summed E-state index contributed by atoms with van der Waals surface area (Å²) in [7, 11) is 0. The normalized spacial score (nSPS) is 42.3. The lowest BCUT2D eigenvalue weighted by Gasteiger charge is -2.59. The van der Waals surface area contributed by atoms with Crippen molar-refractivity contribution in [3.05, 3.63) is 12.2 Å². The molecule has 1 spiro atoms. The summed E-state index contributed by atoms with van der Waals surface area (Å²) in [6.07, 6.45) is -8.98. The molecule has 2 aliphatic carbocycles. The van der Waals surface area contributed by atoms with Crippen molar-refractivity contribution < 1.29 is 67.0 Å². The fourth-order valence-corrected chi connectivity index (χ4v) is 7.89. The zero-order valence-corrected chi connectivity index (χ0v) is 26.9. The average Bonchev–Trinajstić information content (AvgIpc) is 3.67. The largest absolute Gasteiger partial charge is 0.462 e. The van der Waals surface area contributed by atoms with Gasteiger partial charge in [0.05, 0.1) is 23.3 Å². The predicted octanol–water partition coefficient (Wildman–Crippen LogP) is 1.30. The molecule has 45 heavy (non-hydrogen) atoms. The number of aliphatic hydroxyl groups is 1. The van der Waals surface area contributed by atoms with Gasteiger partial charge in [0.1, 0.15) is 17.8 Å². The van der Waals surface area contributed by atoms with Crippen LogP contribution in [0.3, 0.4) is 0 Å². The average molecular weight is 659 g/mol. The number of hydrogen-bond donors (Lipinski definition) is 1. The Morgan fingerprint density at radius 2 is 1.36 bits per heavy atom. The molecule has 0 aromatic heterocycles. The van der Waals surface area contributed by atoms with E-state index >= 15 is 0 Å². The molecule has 15 heteroatoms. The molecule has 2 unspecified atom stereocenters. The highest BCUT2D eigenvalue weighted by Crippen LogP contribution is 2.64. The smallest absolute Gasteiger partial charge is 0.312 e. The quantitative estimate of drug-likeness (QED) is 0.146. The number of alkyl halides is 1. The van der Waals surface area contributed by atoms with Crippen molar-refractivity contribution in [2.24, 2.45) is 17.3 Å². The third kappa shape index (κ3) is 5.80. The second-order valence-electron chi connectivity index (χ2n) is 12.4. The van der Waals surface area contributed by atoms with Gasteiger partial charge in [0.25, 0.3) is 0 Å². The monoisotopic (exact) mass is 658 g/mol. The Morgan fingerprint density at radius 3 is 1.84 bits per heavy atom. The second-order valence-corrected chi connectivity index (χ2v) is 12.9. The molecule has 2 saturated heterocycles. The summed E-state index contributed by atoms with van der Waals surface area (Å²) in [5, 5.41) is 11.5. The maximum atomic E-state index is 13.1. The Labute approximate surface area is 264 Å². The molecule has 0 amide bonds. The molecule has 14 nitrogen and oxygen atoms in total. The van der Waals surface area contributed by atoms with Crippen LogP contribution in [0.25, 0.3) is 0 Å². The summed E-state index contributed by atoms with van der Waals surface area (Å²) in [5.74, 6) is -7.69. The standard InChI is InChI=1S/C30H39ClO14/c1-12-9-10-19(40-14(3)32)28(8)22(26(44-18(7)36)30(38)13(2)27(37)45-23(30)20(12)31)29(11-39-29)25(43-17(6)35)21(41-15(4)33)24(28)42-16(5)34/h13,19-26,38H,1,9-11H2,2-8H3/t13-,19+,20-,21?,22+,23-,24-,25+,26?,28+,29+,30+/m0/s1. The zero-order chi connectivity index (χ0) is 33.8. The first kappa shape index (κ1) is 34.6. The van der Waals surface area contributed by atoms with Crippen molar-refractivity contribution >= 4 is 47.4 Å². The van der Waals surface area contributed by atoms with Gasteiger partial charge in [-0.15, -0.1) is 11.6 Å². The van der Waals surface area contributed by atoms with Gasteiger partial charge in [-0.25, -0.2) is 0 Å². The van der Waals surface area contributed by atoms with Gasteiger partial charge in [0, 0.05) is 40.5 Å². The van der Waals surface area contributed by atoms with E-state index in [0.717, 1.165) is 34.6 Å². The summed E-state index contributed by atoms with van der Waals surface area (Å²) >= 11 is 6.81. The zero-order valence-electron chi connectivity index (χ0n) is 26.2. The Morgan fingerprint density at radius 1 is 0.867 bits per heavy atom. The van der Waals surface area contributed by atoms with Crippen LogP contribution in [0.15, 0.2) is 12.2 Å². The summed E-state index contributed by atoms with van der Waals surface area (Å²) < 4.78 is 40.7. The molecular weight excluding hydrogens is 620 g/mol. The van der Waals surface area contributed by atoms with Gasteiger partial charge in [-0.3, -0.25) is 28.8 Å². The first-order valence-electron chi connectivity index (χ1n) is 14.6. The number of epoxide rings is 1. The molecule has 1 N–H and O–H groups in total. The van der Waals surface area contributed by atoms with Crippen LogP contribution in [0, 0.1) is 17.3 Å². The van der Waals surface area contributed by atoms with Crippen LogP contribution in [0.1, 0.15) is 61.3 Å². The molecule has 0 aromatic rings. The fraction of sp³-hybridized carbons (Fsp3) is 0.733. The minimum absolute atomic E-state index is 0.00502. The van der Waals surface area contributed by atoms with Crippen molar-refractivity contribution in [3.63, 3.8) is 0 Å². The molecule has 4 rings (SSSR count). The van der Waals surface area contributed by atoms with Crippen molar-refractivity contribution in [3.8, 4) is 0 Å². The van der Waals surface area contributed by atoms with E-state index in [1.165, 1.54) is 6.92 Å². The molecule has 2 saturated carbocycles. The number of esters is 6. The molecule has 4 fully saturated rings. The van der Waals surface area contributed by atoms with Crippen molar-refractivity contribution in [1.82, 2.24) is 0 Å². The van der Waals surface area contributed by atoms with Crippen molar-refractivity contribution in [2.45, 2.75) is 115 Å².